The van der Waals surface area contributed by atoms with Crippen LogP contribution in [-0.2, 0) is 16.4 Å². The highest BCUT2D eigenvalue weighted by Gasteiger charge is 2.19. The van der Waals surface area contributed by atoms with Gasteiger partial charge in [0.15, 0.2) is 0 Å². The lowest BCUT2D eigenvalue weighted by Crippen LogP contribution is -2.30. The summed E-state index contributed by atoms with van der Waals surface area (Å²) in [4.78, 5) is 2.18. The Labute approximate surface area is 120 Å². The number of anilines is 1. The number of nitrogens with one attached hydrogen (secondary N) is 1. The number of hydrogen-bond acceptors (Lipinski definition) is 4. The predicted octanol–water partition coefficient (Wildman–Crippen LogP) is 1.04. The normalized spacial score (nSPS) is 16.2. The number of likely N-dealkylation sites (N-methyl/N-ethyl adjacent to an activating group) is 1. The minimum atomic E-state index is -3.27. The molecule has 0 saturated heterocycles. The molecule has 5 nitrogen and oxygen atoms in total. The summed E-state index contributed by atoms with van der Waals surface area (Å²) in [5, 5.41) is 10.1. The number of benzene rings is 1. The van der Waals surface area contributed by atoms with Gasteiger partial charge < -0.3 is 10.0 Å². The molecule has 2 rings (SSSR count). The molecule has 1 unspecified atom stereocenters. The molecule has 0 aliphatic carbocycles. The molecule has 112 valence electrons. The molecule has 2 N–H and O–H groups in total. The second-order valence-electron chi connectivity index (χ2n) is 5.24. The number of nitrogens with zero attached hydrogens (tertiary/aromatic N) is 1. The van der Waals surface area contributed by atoms with Gasteiger partial charge in [0.05, 0.1) is 11.9 Å². The first-order chi connectivity index (χ1) is 9.43. The van der Waals surface area contributed by atoms with Crippen LogP contribution in [-0.4, -0.2) is 39.4 Å². The van der Waals surface area contributed by atoms with Crippen LogP contribution in [0.1, 0.15) is 30.6 Å². The SMILES string of the molecule is CCCS(=O)(=O)NCC(O)c1ccc2c(c1)CCN2C. The maximum absolute atomic E-state index is 11.6. The third kappa shape index (κ3) is 3.50. The maximum atomic E-state index is 11.6. The van der Waals surface area contributed by atoms with E-state index in [0.717, 1.165) is 18.5 Å². The molecule has 0 amide bonds. The number of sulfonamides is 1. The van der Waals surface area contributed by atoms with Gasteiger partial charge in [-0.15, -0.1) is 0 Å². The minimum Gasteiger partial charge on any atom is -0.387 e. The Hall–Kier alpha value is -1.11. The number of hydrogen-bond donors (Lipinski definition) is 2. The van der Waals surface area contributed by atoms with Gasteiger partial charge in [0.2, 0.25) is 10.0 Å². The van der Waals surface area contributed by atoms with E-state index in [4.69, 9.17) is 0 Å². The third-order valence-electron chi connectivity index (χ3n) is 3.59. The van der Waals surface area contributed by atoms with Gasteiger partial charge in [-0.3, -0.25) is 0 Å². The van der Waals surface area contributed by atoms with E-state index in [0.29, 0.717) is 6.42 Å². The van der Waals surface area contributed by atoms with E-state index in [1.807, 2.05) is 32.2 Å². The van der Waals surface area contributed by atoms with Crippen molar-refractivity contribution in [2.24, 2.45) is 0 Å². The molecule has 0 spiro atoms. The topological polar surface area (TPSA) is 69.6 Å². The van der Waals surface area contributed by atoms with Gasteiger partial charge in [0, 0.05) is 25.8 Å². The fraction of sp³-hybridized carbons (Fsp3) is 0.571. The molecular formula is C14H22N2O3S. The standard InChI is InChI=1S/C14H22N2O3S/c1-3-8-20(18,19)15-10-14(17)12-4-5-13-11(9-12)6-7-16(13)2/h4-5,9,14-15,17H,3,6-8,10H2,1-2H3. The maximum Gasteiger partial charge on any atom is 0.211 e. The molecule has 0 fully saturated rings. The fourth-order valence-corrected chi connectivity index (χ4v) is 3.55. The van der Waals surface area contributed by atoms with Crippen LogP contribution in [0.5, 0.6) is 0 Å². The van der Waals surface area contributed by atoms with E-state index in [2.05, 4.69) is 9.62 Å². The third-order valence-corrected chi connectivity index (χ3v) is 5.14. The summed E-state index contributed by atoms with van der Waals surface area (Å²) in [6.07, 6.45) is 0.725. The zero-order valence-corrected chi connectivity index (χ0v) is 12.8. The van der Waals surface area contributed by atoms with Crippen LogP contribution in [0.15, 0.2) is 18.2 Å². The summed E-state index contributed by atoms with van der Waals surface area (Å²) in [6.45, 7) is 2.82. The largest absolute Gasteiger partial charge is 0.387 e. The first-order valence-corrected chi connectivity index (χ1v) is 8.57. The molecule has 0 aromatic heterocycles. The predicted molar refractivity (Wildman–Crippen MR) is 80.5 cm³/mol. The van der Waals surface area contributed by atoms with Gasteiger partial charge in [-0.2, -0.15) is 0 Å². The summed E-state index contributed by atoms with van der Waals surface area (Å²) in [5.74, 6) is 0.0920. The highest BCUT2D eigenvalue weighted by Crippen LogP contribution is 2.29. The Morgan fingerprint density at radius 1 is 1.45 bits per heavy atom. The van der Waals surface area contributed by atoms with Crippen molar-refractivity contribution in [3.8, 4) is 0 Å². The Bertz CT molecular complexity index is 572. The van der Waals surface area contributed by atoms with E-state index in [-0.39, 0.29) is 12.3 Å². The fourth-order valence-electron chi connectivity index (χ4n) is 2.46. The van der Waals surface area contributed by atoms with Crippen molar-refractivity contribution in [2.75, 3.05) is 30.8 Å². The van der Waals surface area contributed by atoms with Crippen LogP contribution in [0.4, 0.5) is 5.69 Å². The molecule has 20 heavy (non-hydrogen) atoms. The summed E-state index contributed by atoms with van der Waals surface area (Å²) >= 11 is 0. The Morgan fingerprint density at radius 2 is 2.20 bits per heavy atom. The van der Waals surface area contributed by atoms with Crippen LogP contribution in [0.25, 0.3) is 0 Å². The zero-order valence-electron chi connectivity index (χ0n) is 12.0. The Balaban J connectivity index is 2.02. The van der Waals surface area contributed by atoms with Crippen LogP contribution in [0, 0.1) is 0 Å². The summed E-state index contributed by atoms with van der Waals surface area (Å²) in [5.41, 5.74) is 3.16. The van der Waals surface area contributed by atoms with Gasteiger partial charge >= 0.3 is 0 Å². The second kappa shape index (κ2) is 6.11. The van der Waals surface area contributed by atoms with E-state index in [9.17, 15) is 13.5 Å². The van der Waals surface area contributed by atoms with E-state index < -0.39 is 16.1 Å². The highest BCUT2D eigenvalue weighted by atomic mass is 32.2. The van der Waals surface area contributed by atoms with E-state index >= 15 is 0 Å². The Kier molecular flexibility index (Phi) is 4.67. The van der Waals surface area contributed by atoms with Crippen molar-refractivity contribution in [2.45, 2.75) is 25.9 Å². The number of rotatable bonds is 6. The molecule has 1 atom stereocenters. The van der Waals surface area contributed by atoms with Crippen molar-refractivity contribution in [3.05, 3.63) is 29.3 Å². The van der Waals surface area contributed by atoms with Gasteiger partial charge in [-0.1, -0.05) is 19.1 Å². The molecule has 0 saturated carbocycles. The van der Waals surface area contributed by atoms with E-state index in [1.54, 1.807) is 0 Å². The van der Waals surface area contributed by atoms with Gasteiger partial charge in [0.25, 0.3) is 0 Å². The molecule has 0 radical (unpaired) electrons. The van der Waals surface area contributed by atoms with E-state index in [1.165, 1.54) is 11.3 Å². The molecule has 1 aromatic rings. The van der Waals surface area contributed by atoms with Crippen LogP contribution in [0.3, 0.4) is 0 Å². The average Bonchev–Trinajstić information content (AvgIpc) is 2.77. The highest BCUT2D eigenvalue weighted by molar-refractivity contribution is 7.89. The summed E-state index contributed by atoms with van der Waals surface area (Å²) in [7, 11) is -1.23. The summed E-state index contributed by atoms with van der Waals surface area (Å²) in [6, 6.07) is 5.82. The molecule has 1 heterocycles. The molecule has 1 aromatic carbocycles. The summed E-state index contributed by atoms with van der Waals surface area (Å²) < 4.78 is 25.6. The van der Waals surface area contributed by atoms with Crippen LogP contribution >= 0.6 is 0 Å². The van der Waals surface area contributed by atoms with Crippen molar-refractivity contribution in [1.29, 1.82) is 0 Å². The first-order valence-electron chi connectivity index (χ1n) is 6.92. The quantitative estimate of drug-likeness (QED) is 0.823. The van der Waals surface area contributed by atoms with Crippen molar-refractivity contribution >= 4 is 15.7 Å². The lowest BCUT2D eigenvalue weighted by molar-refractivity contribution is 0.182. The molecular weight excluding hydrogens is 276 g/mol. The Morgan fingerprint density at radius 3 is 2.90 bits per heavy atom. The van der Waals surface area contributed by atoms with Crippen molar-refractivity contribution in [3.63, 3.8) is 0 Å². The van der Waals surface area contributed by atoms with Crippen LogP contribution < -0.4 is 9.62 Å². The smallest absolute Gasteiger partial charge is 0.211 e. The van der Waals surface area contributed by atoms with Gasteiger partial charge in [-0.25, -0.2) is 13.1 Å². The van der Waals surface area contributed by atoms with Crippen molar-refractivity contribution in [1.82, 2.24) is 4.72 Å². The first kappa shape index (κ1) is 15.3. The number of fused-ring (bicyclic) bond motifs is 1. The monoisotopic (exact) mass is 298 g/mol. The molecule has 1 aliphatic rings. The minimum absolute atomic E-state index is 0.0248. The second-order valence-corrected chi connectivity index (χ2v) is 7.17. The lowest BCUT2D eigenvalue weighted by Gasteiger charge is -2.15. The molecule has 0 bridgehead atoms. The number of aliphatic hydroxyl groups excluding tert-OH is 1. The zero-order chi connectivity index (χ0) is 14.8. The van der Waals surface area contributed by atoms with Crippen molar-refractivity contribution < 1.29 is 13.5 Å². The lowest BCUT2D eigenvalue weighted by atomic mass is 10.0. The average molecular weight is 298 g/mol. The molecule has 1 aliphatic heterocycles. The van der Waals surface area contributed by atoms with Gasteiger partial charge in [0.1, 0.15) is 0 Å². The van der Waals surface area contributed by atoms with Gasteiger partial charge in [-0.05, 0) is 30.0 Å². The number of aliphatic hydroxyl groups is 1. The van der Waals surface area contributed by atoms with Crippen LogP contribution in [0.2, 0.25) is 0 Å². The molecule has 6 heteroatoms.